The summed E-state index contributed by atoms with van der Waals surface area (Å²) < 4.78 is 0. The molecule has 0 saturated heterocycles. The van der Waals surface area contributed by atoms with Gasteiger partial charge in [-0.25, -0.2) is 0 Å². The lowest BCUT2D eigenvalue weighted by Crippen LogP contribution is -2.20. The zero-order valence-corrected chi connectivity index (χ0v) is 8.09. The number of hydrogen-bond acceptors (Lipinski definition) is 2. The second-order valence-corrected chi connectivity index (χ2v) is 3.17. The van der Waals surface area contributed by atoms with E-state index in [1.807, 2.05) is 31.2 Å². The molecule has 1 rings (SSSR count). The largest absolute Gasteiger partial charge is 0.387 e. The molecule has 4 heteroatoms. The number of anilines is 1. The van der Waals surface area contributed by atoms with Gasteiger partial charge in [0.1, 0.15) is 5.84 Å². The van der Waals surface area contributed by atoms with E-state index in [0.29, 0.717) is 0 Å². The minimum absolute atomic E-state index is 0.00499. The molecule has 0 saturated carbocycles. The van der Waals surface area contributed by atoms with Gasteiger partial charge in [0.15, 0.2) is 0 Å². The third-order valence-corrected chi connectivity index (χ3v) is 1.71. The average Bonchev–Trinajstić information content (AvgIpc) is 2.07. The highest BCUT2D eigenvalue weighted by Gasteiger charge is 1.99. The van der Waals surface area contributed by atoms with E-state index >= 15 is 0 Å². The molecule has 0 spiro atoms. The Morgan fingerprint density at radius 2 is 1.86 bits per heavy atom. The molecule has 0 aliphatic heterocycles. The van der Waals surface area contributed by atoms with Gasteiger partial charge < -0.3 is 11.1 Å². The highest BCUT2D eigenvalue weighted by Crippen LogP contribution is 2.08. The molecular formula is C10H14N4. The monoisotopic (exact) mass is 190 g/mol. The Kier molecular flexibility index (Phi) is 3.23. The van der Waals surface area contributed by atoms with Gasteiger partial charge in [-0.1, -0.05) is 17.7 Å². The smallest absolute Gasteiger partial charge is 0.105 e. The van der Waals surface area contributed by atoms with Crippen LogP contribution >= 0.6 is 0 Å². The van der Waals surface area contributed by atoms with Gasteiger partial charge >= 0.3 is 0 Å². The van der Waals surface area contributed by atoms with Crippen molar-refractivity contribution in [3.05, 3.63) is 29.8 Å². The zero-order chi connectivity index (χ0) is 10.6. The van der Waals surface area contributed by atoms with Crippen LogP contribution in [0.15, 0.2) is 24.3 Å². The molecule has 4 nitrogen and oxygen atoms in total. The van der Waals surface area contributed by atoms with Crippen molar-refractivity contribution in [2.24, 2.45) is 5.73 Å². The van der Waals surface area contributed by atoms with Crippen molar-refractivity contribution in [3.8, 4) is 0 Å². The van der Waals surface area contributed by atoms with Gasteiger partial charge in [-0.2, -0.15) is 0 Å². The molecule has 0 amide bonds. The molecule has 1 aromatic carbocycles. The summed E-state index contributed by atoms with van der Waals surface area (Å²) >= 11 is 0. The zero-order valence-electron chi connectivity index (χ0n) is 8.09. The molecule has 0 radical (unpaired) electrons. The quantitative estimate of drug-likeness (QED) is 0.432. The van der Waals surface area contributed by atoms with Crippen molar-refractivity contribution < 1.29 is 0 Å². The van der Waals surface area contributed by atoms with Crippen LogP contribution in [0, 0.1) is 17.7 Å². The Morgan fingerprint density at radius 3 is 2.36 bits per heavy atom. The van der Waals surface area contributed by atoms with Crippen LogP contribution in [-0.2, 0) is 0 Å². The second-order valence-electron chi connectivity index (χ2n) is 3.17. The van der Waals surface area contributed by atoms with Crippen LogP contribution in [0.3, 0.4) is 0 Å². The lowest BCUT2D eigenvalue weighted by molar-refractivity contribution is 1.30. The van der Waals surface area contributed by atoms with Crippen LogP contribution in [0.1, 0.15) is 12.0 Å². The SMILES string of the molecule is Cc1ccc(NC(=N)CC(=N)N)cc1. The van der Waals surface area contributed by atoms with Gasteiger partial charge in [0.2, 0.25) is 0 Å². The van der Waals surface area contributed by atoms with E-state index in [9.17, 15) is 0 Å². The fourth-order valence-electron chi connectivity index (χ4n) is 1.05. The summed E-state index contributed by atoms with van der Waals surface area (Å²) in [5.41, 5.74) is 7.20. The molecule has 0 aliphatic carbocycles. The summed E-state index contributed by atoms with van der Waals surface area (Å²) in [6, 6.07) is 7.71. The molecule has 1 aromatic rings. The normalized spacial score (nSPS) is 9.50. The highest BCUT2D eigenvalue weighted by molar-refractivity contribution is 6.05. The lowest BCUT2D eigenvalue weighted by Gasteiger charge is -2.06. The van der Waals surface area contributed by atoms with Gasteiger partial charge in [0.05, 0.1) is 12.3 Å². The molecule has 0 heterocycles. The number of nitrogens with one attached hydrogen (secondary N) is 3. The van der Waals surface area contributed by atoms with E-state index in [-0.39, 0.29) is 18.1 Å². The Morgan fingerprint density at radius 1 is 1.29 bits per heavy atom. The first kappa shape index (κ1) is 10.2. The molecule has 0 aliphatic rings. The van der Waals surface area contributed by atoms with Crippen molar-refractivity contribution in [1.82, 2.24) is 0 Å². The lowest BCUT2D eigenvalue weighted by atomic mass is 10.2. The van der Waals surface area contributed by atoms with E-state index in [1.54, 1.807) is 0 Å². The summed E-state index contributed by atoms with van der Waals surface area (Å²) in [7, 11) is 0. The third kappa shape index (κ3) is 3.26. The summed E-state index contributed by atoms with van der Waals surface area (Å²) in [5, 5.41) is 17.4. The predicted octanol–water partition coefficient (Wildman–Crippen LogP) is 1.71. The van der Waals surface area contributed by atoms with Gasteiger partial charge in [-0.05, 0) is 19.1 Å². The van der Waals surface area contributed by atoms with Crippen molar-refractivity contribution in [3.63, 3.8) is 0 Å². The Bertz CT molecular complexity index is 340. The van der Waals surface area contributed by atoms with Crippen LogP contribution in [0.25, 0.3) is 0 Å². The average molecular weight is 190 g/mol. The van der Waals surface area contributed by atoms with Crippen LogP contribution in [0.5, 0.6) is 0 Å². The maximum absolute atomic E-state index is 7.48. The van der Waals surface area contributed by atoms with E-state index in [0.717, 1.165) is 5.69 Å². The fourth-order valence-corrected chi connectivity index (χ4v) is 1.05. The first-order chi connectivity index (χ1) is 6.58. The second kappa shape index (κ2) is 4.41. The number of benzene rings is 1. The Balaban J connectivity index is 2.56. The summed E-state index contributed by atoms with van der Waals surface area (Å²) in [6.07, 6.45) is 0.161. The van der Waals surface area contributed by atoms with E-state index in [4.69, 9.17) is 16.6 Å². The molecule has 0 atom stereocenters. The summed E-state index contributed by atoms with van der Waals surface area (Å²) in [4.78, 5) is 0. The fraction of sp³-hybridized carbons (Fsp3) is 0.200. The summed E-state index contributed by atoms with van der Waals surface area (Å²) in [6.45, 7) is 2.00. The molecule has 0 unspecified atom stereocenters. The van der Waals surface area contributed by atoms with E-state index in [1.165, 1.54) is 5.56 Å². The van der Waals surface area contributed by atoms with Gasteiger partial charge in [-0.15, -0.1) is 0 Å². The van der Waals surface area contributed by atoms with Crippen molar-refractivity contribution >= 4 is 17.4 Å². The molecular weight excluding hydrogens is 176 g/mol. The van der Waals surface area contributed by atoms with Crippen molar-refractivity contribution in [1.29, 1.82) is 10.8 Å². The molecule has 0 fully saturated rings. The minimum atomic E-state index is -0.00499. The summed E-state index contributed by atoms with van der Waals surface area (Å²) in [5.74, 6) is 0.232. The van der Waals surface area contributed by atoms with Crippen LogP contribution in [0.4, 0.5) is 5.69 Å². The van der Waals surface area contributed by atoms with Crippen LogP contribution in [0.2, 0.25) is 0 Å². The first-order valence-electron chi connectivity index (χ1n) is 4.32. The molecule has 14 heavy (non-hydrogen) atoms. The number of nitrogens with two attached hydrogens (primary N) is 1. The number of amidine groups is 2. The van der Waals surface area contributed by atoms with Crippen molar-refractivity contribution in [2.75, 3.05) is 5.32 Å². The number of aryl methyl sites for hydroxylation is 1. The molecule has 0 aromatic heterocycles. The van der Waals surface area contributed by atoms with E-state index in [2.05, 4.69) is 5.32 Å². The number of rotatable bonds is 3. The van der Waals surface area contributed by atoms with Gasteiger partial charge in [0, 0.05) is 5.69 Å². The standard InChI is InChI=1S/C10H14N4/c1-7-2-4-8(5-3-7)14-10(13)6-9(11)12/h2-5H,6H2,1H3,(H3,11,12)(H2,13,14). The van der Waals surface area contributed by atoms with Crippen LogP contribution < -0.4 is 11.1 Å². The van der Waals surface area contributed by atoms with Gasteiger partial charge in [-0.3, -0.25) is 10.8 Å². The Hall–Kier alpha value is -1.84. The van der Waals surface area contributed by atoms with E-state index < -0.39 is 0 Å². The minimum Gasteiger partial charge on any atom is -0.387 e. The predicted molar refractivity (Wildman–Crippen MR) is 59.1 cm³/mol. The molecule has 0 bridgehead atoms. The van der Waals surface area contributed by atoms with Crippen molar-refractivity contribution in [2.45, 2.75) is 13.3 Å². The molecule has 5 N–H and O–H groups in total. The Labute approximate surface area is 83.2 Å². The molecule has 74 valence electrons. The maximum Gasteiger partial charge on any atom is 0.105 e. The maximum atomic E-state index is 7.48. The van der Waals surface area contributed by atoms with Crippen LogP contribution in [-0.4, -0.2) is 11.7 Å². The topological polar surface area (TPSA) is 85.8 Å². The third-order valence-electron chi connectivity index (χ3n) is 1.71. The van der Waals surface area contributed by atoms with Gasteiger partial charge in [0.25, 0.3) is 0 Å². The first-order valence-corrected chi connectivity index (χ1v) is 4.32. The number of hydrogen-bond donors (Lipinski definition) is 4. The highest BCUT2D eigenvalue weighted by atomic mass is 14.9.